The molecule has 0 amide bonds. The predicted octanol–water partition coefficient (Wildman–Crippen LogP) is 5.78. The van der Waals surface area contributed by atoms with E-state index >= 15 is 0 Å². The third-order valence-corrected chi connectivity index (χ3v) is 5.27. The van der Waals surface area contributed by atoms with Gasteiger partial charge in [0.2, 0.25) is 0 Å². The number of nitrogens with zero attached hydrogens (tertiary/aromatic N) is 1. The lowest BCUT2D eigenvalue weighted by molar-refractivity contribution is 0.101. The van der Waals surface area contributed by atoms with Gasteiger partial charge in [-0.3, -0.25) is 4.79 Å². The number of hydrogen-bond acceptors (Lipinski definition) is 2. The topological polar surface area (TPSA) is 20.3 Å². The number of ketones is 1. The van der Waals surface area contributed by atoms with Gasteiger partial charge in [-0.05, 0) is 47.9 Å². The van der Waals surface area contributed by atoms with Gasteiger partial charge in [-0.15, -0.1) is 0 Å². The highest BCUT2D eigenvalue weighted by Gasteiger charge is 2.25. The maximum absolute atomic E-state index is 12.2. The monoisotopic (exact) mass is 337 g/mol. The molecule has 2 rings (SSSR count). The van der Waals surface area contributed by atoms with Crippen LogP contribution in [0.25, 0.3) is 0 Å². The van der Waals surface area contributed by atoms with Crippen LogP contribution in [-0.2, 0) is 18.4 Å². The maximum Gasteiger partial charge on any atom is 0.160 e. The van der Waals surface area contributed by atoms with Gasteiger partial charge in [-0.25, -0.2) is 0 Å². The van der Waals surface area contributed by atoms with Gasteiger partial charge in [0.15, 0.2) is 5.78 Å². The number of benzene rings is 2. The van der Waals surface area contributed by atoms with Crippen molar-refractivity contribution in [1.29, 1.82) is 0 Å². The lowest BCUT2D eigenvalue weighted by Crippen LogP contribution is -2.25. The first-order valence-electron chi connectivity index (χ1n) is 9.23. The van der Waals surface area contributed by atoms with Gasteiger partial charge in [-0.2, -0.15) is 0 Å². The van der Waals surface area contributed by atoms with Crippen LogP contribution in [0.2, 0.25) is 0 Å². The van der Waals surface area contributed by atoms with Crippen LogP contribution in [0.15, 0.2) is 42.5 Å². The van der Waals surface area contributed by atoms with Crippen LogP contribution < -0.4 is 4.90 Å². The molecule has 0 aliphatic carbocycles. The van der Waals surface area contributed by atoms with E-state index in [4.69, 9.17) is 0 Å². The van der Waals surface area contributed by atoms with Crippen LogP contribution in [-0.4, -0.2) is 12.8 Å². The summed E-state index contributed by atoms with van der Waals surface area (Å²) in [5, 5.41) is 0. The number of carbonyl (C=O) groups excluding carboxylic acids is 1. The Kier molecular flexibility index (Phi) is 6.05. The summed E-state index contributed by atoms with van der Waals surface area (Å²) < 4.78 is 0. The van der Waals surface area contributed by atoms with Crippen LogP contribution in [0.3, 0.4) is 0 Å². The molecule has 0 spiro atoms. The molecule has 0 radical (unpaired) electrons. The minimum Gasteiger partial charge on any atom is -0.370 e. The maximum atomic E-state index is 12.2. The van der Waals surface area contributed by atoms with E-state index in [-0.39, 0.29) is 11.2 Å². The van der Waals surface area contributed by atoms with E-state index in [0.717, 1.165) is 36.2 Å². The van der Waals surface area contributed by atoms with Gasteiger partial charge in [0, 0.05) is 24.8 Å². The molecule has 0 saturated carbocycles. The molecule has 0 heterocycles. The van der Waals surface area contributed by atoms with E-state index in [9.17, 15) is 4.79 Å². The number of aryl methyl sites for hydroxylation is 1. The van der Waals surface area contributed by atoms with E-state index in [1.807, 2.05) is 6.07 Å². The molecule has 0 aromatic heterocycles. The first-order valence-corrected chi connectivity index (χ1v) is 9.23. The molecule has 0 aliphatic rings. The lowest BCUT2D eigenvalue weighted by atomic mass is 9.79. The summed E-state index contributed by atoms with van der Waals surface area (Å²) >= 11 is 0. The first kappa shape index (κ1) is 19.2. The summed E-state index contributed by atoms with van der Waals surface area (Å²) in [5.74, 6) is 0.145. The average molecular weight is 338 g/mol. The second-order valence-electron chi connectivity index (χ2n) is 7.52. The van der Waals surface area contributed by atoms with Crippen molar-refractivity contribution in [2.24, 2.45) is 0 Å². The van der Waals surface area contributed by atoms with Crippen LogP contribution in [0, 0.1) is 0 Å². The molecule has 0 saturated heterocycles. The fourth-order valence-electron chi connectivity index (χ4n) is 3.24. The SMILES string of the molecule is CCc1cc(C(C)(C)CC)c(N(C)Cc2ccccc2)cc1C(C)=O. The van der Waals surface area contributed by atoms with Crippen LogP contribution in [0.1, 0.15) is 68.1 Å². The average Bonchev–Trinajstić information content (AvgIpc) is 2.61. The van der Waals surface area contributed by atoms with Gasteiger partial charge in [-0.1, -0.05) is 64.1 Å². The zero-order chi connectivity index (χ0) is 18.6. The summed E-state index contributed by atoms with van der Waals surface area (Å²) in [6.45, 7) is 11.4. The summed E-state index contributed by atoms with van der Waals surface area (Å²) in [5.41, 5.74) is 5.84. The third-order valence-electron chi connectivity index (χ3n) is 5.27. The molecule has 2 nitrogen and oxygen atoms in total. The third kappa shape index (κ3) is 4.31. The Balaban J connectivity index is 2.56. The lowest BCUT2D eigenvalue weighted by Gasteiger charge is -2.32. The van der Waals surface area contributed by atoms with Crippen molar-refractivity contribution in [1.82, 2.24) is 0 Å². The van der Waals surface area contributed by atoms with Gasteiger partial charge in [0.05, 0.1) is 0 Å². The summed E-state index contributed by atoms with van der Waals surface area (Å²) in [7, 11) is 2.12. The van der Waals surface area contributed by atoms with Gasteiger partial charge in [0.1, 0.15) is 0 Å². The predicted molar refractivity (Wildman–Crippen MR) is 108 cm³/mol. The number of carbonyl (C=O) groups is 1. The molecule has 2 aromatic rings. The molecule has 0 N–H and O–H groups in total. The summed E-state index contributed by atoms with van der Waals surface area (Å²) in [6.07, 6.45) is 1.94. The van der Waals surface area contributed by atoms with Crippen LogP contribution in [0.4, 0.5) is 5.69 Å². The highest BCUT2D eigenvalue weighted by atomic mass is 16.1. The zero-order valence-electron chi connectivity index (χ0n) is 16.5. The molecule has 0 atom stereocenters. The molecule has 134 valence electrons. The molecule has 2 heteroatoms. The van der Waals surface area contributed by atoms with Crippen molar-refractivity contribution in [2.75, 3.05) is 11.9 Å². The number of Topliss-reactive ketones (excluding diaryl/α,β-unsaturated/α-hetero) is 1. The fraction of sp³-hybridized carbons (Fsp3) is 0.435. The Hall–Kier alpha value is -2.09. The van der Waals surface area contributed by atoms with Crippen molar-refractivity contribution >= 4 is 11.5 Å². The zero-order valence-corrected chi connectivity index (χ0v) is 16.5. The molecular formula is C23H31NO. The van der Waals surface area contributed by atoms with E-state index < -0.39 is 0 Å². The summed E-state index contributed by atoms with van der Waals surface area (Å²) in [6, 6.07) is 14.8. The number of hydrogen-bond donors (Lipinski definition) is 0. The Labute approximate surface area is 152 Å². The second-order valence-corrected chi connectivity index (χ2v) is 7.52. The largest absolute Gasteiger partial charge is 0.370 e. The van der Waals surface area contributed by atoms with Crippen molar-refractivity contribution in [3.63, 3.8) is 0 Å². The van der Waals surface area contributed by atoms with E-state index in [2.05, 4.69) is 76.0 Å². The minimum atomic E-state index is 0.0690. The fourth-order valence-corrected chi connectivity index (χ4v) is 3.24. The van der Waals surface area contributed by atoms with Gasteiger partial charge >= 0.3 is 0 Å². The van der Waals surface area contributed by atoms with Gasteiger partial charge < -0.3 is 4.90 Å². The van der Waals surface area contributed by atoms with Crippen LogP contribution >= 0.6 is 0 Å². The van der Waals surface area contributed by atoms with E-state index in [1.165, 1.54) is 11.1 Å². The van der Waals surface area contributed by atoms with Crippen molar-refractivity contribution in [3.8, 4) is 0 Å². The minimum absolute atomic E-state index is 0.0690. The smallest absolute Gasteiger partial charge is 0.160 e. The Morgan fingerprint density at radius 2 is 1.72 bits per heavy atom. The molecule has 0 bridgehead atoms. The van der Waals surface area contributed by atoms with E-state index in [1.54, 1.807) is 6.92 Å². The molecule has 0 fully saturated rings. The van der Waals surface area contributed by atoms with Crippen molar-refractivity contribution < 1.29 is 4.79 Å². The number of rotatable bonds is 7. The normalized spacial score (nSPS) is 11.4. The van der Waals surface area contributed by atoms with Gasteiger partial charge in [0.25, 0.3) is 0 Å². The molecule has 0 unspecified atom stereocenters. The highest BCUT2D eigenvalue weighted by Crippen LogP contribution is 2.37. The quantitative estimate of drug-likeness (QED) is 0.597. The molecule has 0 aliphatic heterocycles. The Morgan fingerprint density at radius 3 is 2.24 bits per heavy atom. The summed E-state index contributed by atoms with van der Waals surface area (Å²) in [4.78, 5) is 14.4. The van der Waals surface area contributed by atoms with Crippen molar-refractivity contribution in [3.05, 3.63) is 64.7 Å². The van der Waals surface area contributed by atoms with E-state index in [0.29, 0.717) is 0 Å². The Bertz CT molecular complexity index is 731. The highest BCUT2D eigenvalue weighted by molar-refractivity contribution is 5.97. The first-order chi connectivity index (χ1) is 11.8. The molecule has 25 heavy (non-hydrogen) atoms. The Morgan fingerprint density at radius 1 is 1.08 bits per heavy atom. The van der Waals surface area contributed by atoms with Crippen molar-refractivity contribution in [2.45, 2.75) is 59.4 Å². The molecule has 2 aromatic carbocycles. The van der Waals surface area contributed by atoms with Crippen LogP contribution in [0.5, 0.6) is 0 Å². The second kappa shape index (κ2) is 7.86. The standard InChI is InChI=1S/C23H31NO/c1-7-19-14-21(23(4,5)8-2)22(15-20(19)17(3)25)24(6)16-18-12-10-9-11-13-18/h9-15H,7-8,16H2,1-6H3. The molecular weight excluding hydrogens is 306 g/mol. The number of anilines is 1.